The summed E-state index contributed by atoms with van der Waals surface area (Å²) in [5.41, 5.74) is 7.82. The molecule has 1 aromatic heterocycles. The zero-order chi connectivity index (χ0) is 9.42. The van der Waals surface area contributed by atoms with E-state index in [2.05, 4.69) is 6.07 Å². The zero-order valence-corrected chi connectivity index (χ0v) is 8.17. The van der Waals surface area contributed by atoms with Crippen LogP contribution < -0.4 is 5.73 Å². The molecular formula is C10H11ClN2. The minimum atomic E-state index is 0.568. The molecule has 2 nitrogen and oxygen atoms in total. The summed E-state index contributed by atoms with van der Waals surface area (Å²) in [5, 5.41) is 1.91. The topological polar surface area (TPSA) is 30.9 Å². The quantitative estimate of drug-likeness (QED) is 0.742. The molecule has 2 aromatic rings. The molecule has 0 saturated carbocycles. The van der Waals surface area contributed by atoms with E-state index >= 15 is 0 Å². The Morgan fingerprint density at radius 3 is 2.85 bits per heavy atom. The van der Waals surface area contributed by atoms with Crippen molar-refractivity contribution in [1.29, 1.82) is 0 Å². The predicted molar refractivity (Wildman–Crippen MR) is 55.8 cm³/mol. The van der Waals surface area contributed by atoms with Crippen LogP contribution in [0.15, 0.2) is 24.3 Å². The van der Waals surface area contributed by atoms with E-state index in [-0.39, 0.29) is 0 Å². The van der Waals surface area contributed by atoms with Gasteiger partial charge in [0.05, 0.1) is 0 Å². The normalized spacial score (nSPS) is 11.0. The van der Waals surface area contributed by atoms with E-state index in [1.807, 2.05) is 29.8 Å². The molecule has 0 bridgehead atoms. The van der Waals surface area contributed by atoms with Crippen LogP contribution in [0.25, 0.3) is 10.9 Å². The molecule has 0 spiro atoms. The molecule has 2 N–H and O–H groups in total. The van der Waals surface area contributed by atoms with Gasteiger partial charge in [-0.2, -0.15) is 0 Å². The molecule has 1 aromatic carbocycles. The monoisotopic (exact) mass is 194 g/mol. The Hall–Kier alpha value is -0.990. The van der Waals surface area contributed by atoms with Gasteiger partial charge in [-0.15, -0.1) is 0 Å². The fraction of sp³-hybridized carbons (Fsp3) is 0.200. The number of fused-ring (bicyclic) bond motifs is 1. The summed E-state index contributed by atoms with van der Waals surface area (Å²) < 4.78 is 1.95. The Morgan fingerprint density at radius 2 is 2.15 bits per heavy atom. The van der Waals surface area contributed by atoms with E-state index in [9.17, 15) is 0 Å². The van der Waals surface area contributed by atoms with Crippen molar-refractivity contribution in [3.05, 3.63) is 35.0 Å². The van der Waals surface area contributed by atoms with Gasteiger partial charge in [0, 0.05) is 24.5 Å². The first-order valence-electron chi connectivity index (χ1n) is 4.16. The van der Waals surface area contributed by atoms with Crippen LogP contribution in [0, 0.1) is 0 Å². The van der Waals surface area contributed by atoms with E-state index in [0.717, 1.165) is 21.6 Å². The highest BCUT2D eigenvalue weighted by atomic mass is 35.5. The number of hydrogen-bond acceptors (Lipinski definition) is 1. The molecule has 2 rings (SSSR count). The lowest BCUT2D eigenvalue weighted by Gasteiger charge is -1.99. The third-order valence-electron chi connectivity index (χ3n) is 2.29. The van der Waals surface area contributed by atoms with E-state index in [4.69, 9.17) is 17.3 Å². The lowest BCUT2D eigenvalue weighted by molar-refractivity contribution is 0.966. The fourth-order valence-electron chi connectivity index (χ4n) is 1.47. The highest BCUT2D eigenvalue weighted by Crippen LogP contribution is 2.22. The zero-order valence-electron chi connectivity index (χ0n) is 7.42. The predicted octanol–water partition coefficient (Wildman–Crippen LogP) is 2.29. The van der Waals surface area contributed by atoms with Gasteiger partial charge in [-0.05, 0) is 17.7 Å². The van der Waals surface area contributed by atoms with Gasteiger partial charge in [0.25, 0.3) is 0 Å². The molecule has 0 unspecified atom stereocenters. The minimum absolute atomic E-state index is 0.568. The minimum Gasteiger partial charge on any atom is -0.335 e. The van der Waals surface area contributed by atoms with Gasteiger partial charge in [0.1, 0.15) is 5.15 Å². The summed E-state index contributed by atoms with van der Waals surface area (Å²) in [4.78, 5) is 0. The molecule has 1 heterocycles. The van der Waals surface area contributed by atoms with Crippen LogP contribution in [0.4, 0.5) is 0 Å². The smallest absolute Gasteiger partial charge is 0.109 e. The van der Waals surface area contributed by atoms with Crippen LogP contribution in [-0.4, -0.2) is 4.57 Å². The highest BCUT2D eigenvalue weighted by molar-refractivity contribution is 6.30. The molecular weight excluding hydrogens is 184 g/mol. The molecule has 0 fully saturated rings. The van der Waals surface area contributed by atoms with Crippen molar-refractivity contribution in [2.75, 3.05) is 0 Å². The second-order valence-electron chi connectivity index (χ2n) is 3.12. The lowest BCUT2D eigenvalue weighted by Crippen LogP contribution is -1.96. The number of nitrogens with zero attached hydrogens (tertiary/aromatic N) is 1. The summed E-state index contributed by atoms with van der Waals surface area (Å²) in [6.07, 6.45) is 0. The molecule has 13 heavy (non-hydrogen) atoms. The summed E-state index contributed by atoms with van der Waals surface area (Å²) in [6, 6.07) is 8.10. The van der Waals surface area contributed by atoms with E-state index in [0.29, 0.717) is 6.54 Å². The summed E-state index contributed by atoms with van der Waals surface area (Å²) in [5.74, 6) is 0. The van der Waals surface area contributed by atoms with Crippen molar-refractivity contribution in [1.82, 2.24) is 4.57 Å². The average molecular weight is 195 g/mol. The van der Waals surface area contributed by atoms with Crippen LogP contribution in [0.2, 0.25) is 5.15 Å². The summed E-state index contributed by atoms with van der Waals surface area (Å²) >= 11 is 5.98. The highest BCUT2D eigenvalue weighted by Gasteiger charge is 2.03. The Morgan fingerprint density at radius 1 is 1.38 bits per heavy atom. The van der Waals surface area contributed by atoms with E-state index < -0.39 is 0 Å². The number of hydrogen-bond donors (Lipinski definition) is 1. The molecule has 0 saturated heterocycles. The Kier molecular flexibility index (Phi) is 2.02. The van der Waals surface area contributed by atoms with E-state index in [1.54, 1.807) is 0 Å². The number of halogens is 1. The molecule has 68 valence electrons. The number of nitrogens with two attached hydrogens (primary N) is 1. The van der Waals surface area contributed by atoms with Crippen molar-refractivity contribution in [3.8, 4) is 0 Å². The van der Waals surface area contributed by atoms with Crippen molar-refractivity contribution >= 4 is 22.5 Å². The lowest BCUT2D eigenvalue weighted by atomic mass is 10.2. The van der Waals surface area contributed by atoms with Gasteiger partial charge in [-0.1, -0.05) is 23.7 Å². The molecule has 0 radical (unpaired) electrons. The van der Waals surface area contributed by atoms with Crippen LogP contribution >= 0.6 is 11.6 Å². The second-order valence-corrected chi connectivity index (χ2v) is 3.51. The maximum atomic E-state index is 5.98. The maximum absolute atomic E-state index is 5.98. The Balaban J connectivity index is 2.75. The van der Waals surface area contributed by atoms with Gasteiger partial charge in [-0.3, -0.25) is 0 Å². The van der Waals surface area contributed by atoms with Crippen molar-refractivity contribution in [3.63, 3.8) is 0 Å². The molecule has 3 heteroatoms. The molecule has 0 aliphatic heterocycles. The first-order valence-corrected chi connectivity index (χ1v) is 4.54. The van der Waals surface area contributed by atoms with Crippen molar-refractivity contribution in [2.24, 2.45) is 12.8 Å². The largest absolute Gasteiger partial charge is 0.335 e. The molecule has 0 aliphatic rings. The summed E-state index contributed by atoms with van der Waals surface area (Å²) in [7, 11) is 1.95. The number of aryl methyl sites for hydroxylation is 1. The van der Waals surface area contributed by atoms with Gasteiger partial charge >= 0.3 is 0 Å². The number of benzene rings is 1. The molecule has 0 aliphatic carbocycles. The van der Waals surface area contributed by atoms with Crippen LogP contribution in [0.5, 0.6) is 0 Å². The fourth-order valence-corrected chi connectivity index (χ4v) is 1.68. The van der Waals surface area contributed by atoms with Gasteiger partial charge in [0.15, 0.2) is 0 Å². The number of rotatable bonds is 1. The van der Waals surface area contributed by atoms with Crippen LogP contribution in [-0.2, 0) is 13.6 Å². The van der Waals surface area contributed by atoms with Gasteiger partial charge in [-0.25, -0.2) is 0 Å². The summed E-state index contributed by atoms with van der Waals surface area (Å²) in [6.45, 7) is 0.568. The second kappa shape index (κ2) is 3.05. The Labute approximate surface area is 81.9 Å². The Bertz CT molecular complexity index is 445. The molecule has 0 amide bonds. The SMILES string of the molecule is Cn1c(Cl)cc2ccc(CN)cc21. The number of aromatic nitrogens is 1. The first kappa shape index (κ1) is 8.60. The average Bonchev–Trinajstić information content (AvgIpc) is 2.43. The molecule has 0 atom stereocenters. The maximum Gasteiger partial charge on any atom is 0.109 e. The van der Waals surface area contributed by atoms with Gasteiger partial charge in [0.2, 0.25) is 0 Å². The third-order valence-corrected chi connectivity index (χ3v) is 2.65. The van der Waals surface area contributed by atoms with Crippen molar-refractivity contribution < 1.29 is 0 Å². The third kappa shape index (κ3) is 1.32. The van der Waals surface area contributed by atoms with E-state index in [1.165, 1.54) is 0 Å². The van der Waals surface area contributed by atoms with Crippen molar-refractivity contribution in [2.45, 2.75) is 6.54 Å². The standard InChI is InChI=1S/C10H11ClN2/c1-13-9-4-7(6-12)2-3-8(9)5-10(13)11/h2-5H,6,12H2,1H3. The van der Waals surface area contributed by atoms with Gasteiger partial charge < -0.3 is 10.3 Å². The first-order chi connectivity index (χ1) is 6.22. The van der Waals surface area contributed by atoms with Crippen LogP contribution in [0.3, 0.4) is 0 Å². The van der Waals surface area contributed by atoms with Crippen LogP contribution in [0.1, 0.15) is 5.56 Å².